The quantitative estimate of drug-likeness (QED) is 0.768. The normalized spacial score (nSPS) is 18.7. The maximum Gasteiger partial charge on any atom is 0.312 e. The Bertz CT molecular complexity index is 496. The van der Waals surface area contributed by atoms with Crippen LogP contribution in [0.15, 0.2) is 30.3 Å². The SMILES string of the molecule is NC1(C(=O)NCC(C(=O)O)c2ccccc2)CCCCC1. The van der Waals surface area contributed by atoms with E-state index in [1.807, 2.05) is 6.07 Å². The molecule has 1 aliphatic rings. The molecule has 114 valence electrons. The molecule has 21 heavy (non-hydrogen) atoms. The van der Waals surface area contributed by atoms with Gasteiger partial charge in [0.15, 0.2) is 0 Å². The molecule has 0 radical (unpaired) electrons. The Balaban J connectivity index is 1.99. The molecule has 1 aliphatic carbocycles. The van der Waals surface area contributed by atoms with E-state index < -0.39 is 17.4 Å². The van der Waals surface area contributed by atoms with Gasteiger partial charge in [-0.15, -0.1) is 0 Å². The number of benzene rings is 1. The Morgan fingerprint density at radius 3 is 2.38 bits per heavy atom. The first-order valence-electron chi connectivity index (χ1n) is 7.38. The predicted molar refractivity (Wildman–Crippen MR) is 79.8 cm³/mol. The van der Waals surface area contributed by atoms with Crippen molar-refractivity contribution in [1.82, 2.24) is 5.32 Å². The monoisotopic (exact) mass is 290 g/mol. The molecule has 1 saturated carbocycles. The summed E-state index contributed by atoms with van der Waals surface area (Å²) in [6.07, 6.45) is 4.34. The average Bonchev–Trinajstić information content (AvgIpc) is 2.48. The van der Waals surface area contributed by atoms with Gasteiger partial charge in [0.2, 0.25) is 5.91 Å². The molecular formula is C16H22N2O3. The van der Waals surface area contributed by atoms with E-state index in [0.717, 1.165) is 19.3 Å². The Labute approximate surface area is 124 Å². The highest BCUT2D eigenvalue weighted by Gasteiger charge is 2.35. The maximum absolute atomic E-state index is 12.2. The highest BCUT2D eigenvalue weighted by molar-refractivity contribution is 5.87. The molecule has 4 N–H and O–H groups in total. The first kappa shape index (κ1) is 15.5. The molecule has 1 amide bonds. The lowest BCUT2D eigenvalue weighted by atomic mass is 9.82. The molecule has 1 aromatic rings. The second-order valence-corrected chi connectivity index (χ2v) is 5.73. The van der Waals surface area contributed by atoms with Gasteiger partial charge in [0.05, 0.1) is 11.5 Å². The van der Waals surface area contributed by atoms with Gasteiger partial charge in [-0.1, -0.05) is 49.6 Å². The number of carbonyl (C=O) groups excluding carboxylic acids is 1. The molecule has 0 heterocycles. The van der Waals surface area contributed by atoms with Crippen molar-refractivity contribution in [3.8, 4) is 0 Å². The summed E-state index contributed by atoms with van der Waals surface area (Å²) >= 11 is 0. The average molecular weight is 290 g/mol. The minimum atomic E-state index is -0.948. The van der Waals surface area contributed by atoms with Crippen LogP contribution in [-0.2, 0) is 9.59 Å². The van der Waals surface area contributed by atoms with Crippen molar-refractivity contribution in [1.29, 1.82) is 0 Å². The number of amides is 1. The minimum Gasteiger partial charge on any atom is -0.481 e. The van der Waals surface area contributed by atoms with E-state index in [1.165, 1.54) is 0 Å². The number of hydrogen-bond acceptors (Lipinski definition) is 3. The highest BCUT2D eigenvalue weighted by Crippen LogP contribution is 2.26. The van der Waals surface area contributed by atoms with Gasteiger partial charge in [-0.3, -0.25) is 9.59 Å². The fraction of sp³-hybridized carbons (Fsp3) is 0.500. The van der Waals surface area contributed by atoms with Gasteiger partial charge < -0.3 is 16.2 Å². The largest absolute Gasteiger partial charge is 0.481 e. The van der Waals surface area contributed by atoms with Crippen molar-refractivity contribution < 1.29 is 14.7 Å². The molecule has 5 nitrogen and oxygen atoms in total. The van der Waals surface area contributed by atoms with E-state index in [4.69, 9.17) is 5.73 Å². The number of carbonyl (C=O) groups is 2. The molecule has 0 aliphatic heterocycles. The van der Waals surface area contributed by atoms with Crippen LogP contribution in [0.1, 0.15) is 43.6 Å². The number of carboxylic acids is 1. The van der Waals surface area contributed by atoms with Crippen LogP contribution >= 0.6 is 0 Å². The zero-order valence-electron chi connectivity index (χ0n) is 12.0. The zero-order chi connectivity index (χ0) is 15.3. The van der Waals surface area contributed by atoms with Crippen LogP contribution in [0.4, 0.5) is 0 Å². The third-order valence-electron chi connectivity index (χ3n) is 4.16. The fourth-order valence-corrected chi connectivity index (χ4v) is 2.81. The topological polar surface area (TPSA) is 92.4 Å². The van der Waals surface area contributed by atoms with Gasteiger partial charge in [-0.2, -0.15) is 0 Å². The van der Waals surface area contributed by atoms with E-state index >= 15 is 0 Å². The zero-order valence-corrected chi connectivity index (χ0v) is 12.0. The fourth-order valence-electron chi connectivity index (χ4n) is 2.81. The predicted octanol–water partition coefficient (Wildman–Crippen LogP) is 1.63. The summed E-state index contributed by atoms with van der Waals surface area (Å²) in [4.78, 5) is 23.6. The summed E-state index contributed by atoms with van der Waals surface area (Å²) in [5.41, 5.74) is 5.99. The third kappa shape index (κ3) is 3.82. The van der Waals surface area contributed by atoms with Gasteiger partial charge in [0.1, 0.15) is 0 Å². The Kier molecular flexibility index (Phi) is 4.96. The first-order chi connectivity index (χ1) is 10.0. The van der Waals surface area contributed by atoms with Crippen LogP contribution < -0.4 is 11.1 Å². The van der Waals surface area contributed by atoms with Crippen LogP contribution in [0.2, 0.25) is 0 Å². The van der Waals surface area contributed by atoms with E-state index in [9.17, 15) is 14.7 Å². The Morgan fingerprint density at radius 2 is 1.81 bits per heavy atom. The summed E-state index contributed by atoms with van der Waals surface area (Å²) < 4.78 is 0. The Hall–Kier alpha value is -1.88. The summed E-state index contributed by atoms with van der Waals surface area (Å²) in [6, 6.07) is 8.92. The number of aliphatic carboxylic acids is 1. The van der Waals surface area contributed by atoms with Crippen LogP contribution in [0.3, 0.4) is 0 Å². The molecule has 5 heteroatoms. The standard InChI is InChI=1S/C16H22N2O3/c17-16(9-5-2-6-10-16)15(21)18-11-13(14(19)20)12-7-3-1-4-8-12/h1,3-4,7-8,13H,2,5-6,9-11,17H2,(H,18,21)(H,19,20). The molecular weight excluding hydrogens is 268 g/mol. The first-order valence-corrected chi connectivity index (χ1v) is 7.38. The molecule has 1 aromatic carbocycles. The van der Waals surface area contributed by atoms with E-state index in [2.05, 4.69) is 5.32 Å². The molecule has 1 fully saturated rings. The second-order valence-electron chi connectivity index (χ2n) is 5.73. The second kappa shape index (κ2) is 6.72. The molecule has 0 bridgehead atoms. The van der Waals surface area contributed by atoms with Gasteiger partial charge in [-0.25, -0.2) is 0 Å². The van der Waals surface area contributed by atoms with Crippen LogP contribution in [-0.4, -0.2) is 29.1 Å². The smallest absolute Gasteiger partial charge is 0.312 e. The number of carboxylic acid groups (broad SMARTS) is 1. The molecule has 1 unspecified atom stereocenters. The lowest BCUT2D eigenvalue weighted by Crippen LogP contribution is -2.55. The summed E-state index contributed by atoms with van der Waals surface area (Å²) in [5, 5.41) is 12.1. The van der Waals surface area contributed by atoms with Crippen LogP contribution in [0.5, 0.6) is 0 Å². The van der Waals surface area contributed by atoms with Crippen molar-refractivity contribution in [2.24, 2.45) is 5.73 Å². The van der Waals surface area contributed by atoms with Gasteiger partial charge >= 0.3 is 5.97 Å². The maximum atomic E-state index is 12.2. The summed E-state index contributed by atoms with van der Waals surface area (Å²) in [5.74, 6) is -1.93. The number of nitrogens with one attached hydrogen (secondary N) is 1. The van der Waals surface area contributed by atoms with Gasteiger partial charge in [-0.05, 0) is 18.4 Å². The van der Waals surface area contributed by atoms with E-state index in [0.29, 0.717) is 18.4 Å². The number of nitrogens with two attached hydrogens (primary N) is 1. The molecule has 0 saturated heterocycles. The van der Waals surface area contributed by atoms with Crippen molar-refractivity contribution in [2.75, 3.05) is 6.54 Å². The minimum absolute atomic E-state index is 0.0666. The third-order valence-corrected chi connectivity index (χ3v) is 4.16. The molecule has 0 aromatic heterocycles. The van der Waals surface area contributed by atoms with Crippen molar-refractivity contribution in [2.45, 2.75) is 43.6 Å². The van der Waals surface area contributed by atoms with Crippen LogP contribution in [0.25, 0.3) is 0 Å². The van der Waals surface area contributed by atoms with Crippen molar-refractivity contribution >= 4 is 11.9 Å². The molecule has 0 spiro atoms. The highest BCUT2D eigenvalue weighted by atomic mass is 16.4. The number of rotatable bonds is 5. The van der Waals surface area contributed by atoms with Crippen LogP contribution in [0, 0.1) is 0 Å². The Morgan fingerprint density at radius 1 is 1.19 bits per heavy atom. The van der Waals surface area contributed by atoms with E-state index in [1.54, 1.807) is 24.3 Å². The summed E-state index contributed by atoms with van der Waals surface area (Å²) in [7, 11) is 0. The van der Waals surface area contributed by atoms with Crippen molar-refractivity contribution in [3.05, 3.63) is 35.9 Å². The summed E-state index contributed by atoms with van der Waals surface area (Å²) in [6.45, 7) is 0.0666. The van der Waals surface area contributed by atoms with Crippen molar-refractivity contribution in [3.63, 3.8) is 0 Å². The molecule has 1 atom stereocenters. The van der Waals surface area contributed by atoms with Gasteiger partial charge in [0, 0.05) is 6.54 Å². The van der Waals surface area contributed by atoms with E-state index in [-0.39, 0.29) is 12.5 Å². The lowest BCUT2D eigenvalue weighted by Gasteiger charge is -2.32. The molecule has 2 rings (SSSR count). The lowest BCUT2D eigenvalue weighted by molar-refractivity contribution is -0.138. The number of hydrogen-bond donors (Lipinski definition) is 3. The van der Waals surface area contributed by atoms with Gasteiger partial charge in [0.25, 0.3) is 0 Å².